The van der Waals surface area contributed by atoms with Gasteiger partial charge in [0, 0.05) is 42.8 Å². The summed E-state index contributed by atoms with van der Waals surface area (Å²) in [5.74, 6) is 1.74. The molecule has 1 atom stereocenters. The Bertz CT molecular complexity index is 681. The van der Waals surface area contributed by atoms with Gasteiger partial charge in [-0.15, -0.1) is 0 Å². The molecule has 2 fully saturated rings. The van der Waals surface area contributed by atoms with Gasteiger partial charge in [-0.25, -0.2) is 13.1 Å². The van der Waals surface area contributed by atoms with Crippen molar-refractivity contribution in [2.24, 2.45) is 0 Å². The number of sulfonamides is 1. The van der Waals surface area contributed by atoms with E-state index in [4.69, 9.17) is 4.74 Å². The monoisotopic (exact) mass is 370 g/mol. The van der Waals surface area contributed by atoms with E-state index in [0.717, 1.165) is 24.3 Å². The SMILES string of the molecule is O=C(c1cccc(S(=O)(=O)N[C@H]2CCCOC2)c1)N1CCSCC1. The molecule has 0 saturated carbocycles. The van der Waals surface area contributed by atoms with Crippen LogP contribution in [0.1, 0.15) is 23.2 Å². The van der Waals surface area contributed by atoms with Crippen LogP contribution in [0, 0.1) is 0 Å². The highest BCUT2D eigenvalue weighted by Gasteiger charge is 2.24. The van der Waals surface area contributed by atoms with Gasteiger partial charge in [0.25, 0.3) is 5.91 Å². The maximum absolute atomic E-state index is 12.6. The van der Waals surface area contributed by atoms with Gasteiger partial charge in [0.1, 0.15) is 0 Å². The molecular formula is C16H22N2O4S2. The molecule has 1 aromatic carbocycles. The Morgan fingerprint density at radius 1 is 1.29 bits per heavy atom. The first-order valence-corrected chi connectivity index (χ1v) is 10.8. The summed E-state index contributed by atoms with van der Waals surface area (Å²) in [6.07, 6.45) is 1.61. The molecular weight excluding hydrogens is 348 g/mol. The van der Waals surface area contributed by atoms with Gasteiger partial charge in [-0.2, -0.15) is 11.8 Å². The number of nitrogens with one attached hydrogen (secondary N) is 1. The summed E-state index contributed by atoms with van der Waals surface area (Å²) in [7, 11) is -3.65. The maximum Gasteiger partial charge on any atom is 0.253 e. The fourth-order valence-electron chi connectivity index (χ4n) is 2.87. The molecule has 2 aliphatic rings. The predicted octanol–water partition coefficient (Wildman–Crippen LogP) is 1.33. The Kier molecular flexibility index (Phi) is 5.80. The second kappa shape index (κ2) is 7.86. The van der Waals surface area contributed by atoms with Crippen LogP contribution in [0.5, 0.6) is 0 Å². The number of benzene rings is 1. The molecule has 6 nitrogen and oxygen atoms in total. The first-order valence-electron chi connectivity index (χ1n) is 8.13. The van der Waals surface area contributed by atoms with Crippen LogP contribution in [0.25, 0.3) is 0 Å². The lowest BCUT2D eigenvalue weighted by molar-refractivity contribution is 0.0770. The van der Waals surface area contributed by atoms with Gasteiger partial charge in [0.05, 0.1) is 11.5 Å². The van der Waals surface area contributed by atoms with Gasteiger partial charge in [-0.3, -0.25) is 4.79 Å². The molecule has 8 heteroatoms. The Morgan fingerprint density at radius 3 is 2.79 bits per heavy atom. The summed E-state index contributed by atoms with van der Waals surface area (Å²) in [5, 5.41) is 0. The zero-order chi connectivity index (χ0) is 17.0. The van der Waals surface area contributed by atoms with Crippen LogP contribution in [0.4, 0.5) is 0 Å². The van der Waals surface area contributed by atoms with Crippen LogP contribution >= 0.6 is 11.8 Å². The van der Waals surface area contributed by atoms with E-state index in [9.17, 15) is 13.2 Å². The predicted molar refractivity (Wildman–Crippen MR) is 93.8 cm³/mol. The van der Waals surface area contributed by atoms with Gasteiger partial charge in [-0.1, -0.05) is 6.07 Å². The molecule has 2 saturated heterocycles. The molecule has 3 rings (SSSR count). The molecule has 0 aromatic heterocycles. The van der Waals surface area contributed by atoms with Crippen LogP contribution in [0.2, 0.25) is 0 Å². The van der Waals surface area contributed by atoms with E-state index in [1.807, 2.05) is 11.8 Å². The molecule has 1 aromatic rings. The van der Waals surface area contributed by atoms with Gasteiger partial charge >= 0.3 is 0 Å². The highest BCUT2D eigenvalue weighted by molar-refractivity contribution is 7.99. The minimum absolute atomic E-state index is 0.103. The third-order valence-electron chi connectivity index (χ3n) is 4.17. The molecule has 132 valence electrons. The fourth-order valence-corrected chi connectivity index (χ4v) is 5.07. The quantitative estimate of drug-likeness (QED) is 0.865. The number of carbonyl (C=O) groups is 1. The van der Waals surface area contributed by atoms with E-state index < -0.39 is 10.0 Å². The average Bonchev–Trinajstić information content (AvgIpc) is 2.62. The summed E-state index contributed by atoms with van der Waals surface area (Å²) in [6, 6.07) is 6.08. The topological polar surface area (TPSA) is 75.7 Å². The zero-order valence-electron chi connectivity index (χ0n) is 13.4. The van der Waals surface area contributed by atoms with Crippen LogP contribution in [-0.4, -0.2) is 63.1 Å². The second-order valence-electron chi connectivity index (χ2n) is 5.97. The number of rotatable bonds is 4. The summed E-state index contributed by atoms with van der Waals surface area (Å²) in [6.45, 7) is 2.48. The highest BCUT2D eigenvalue weighted by Crippen LogP contribution is 2.17. The van der Waals surface area contributed by atoms with E-state index in [2.05, 4.69) is 4.72 Å². The van der Waals surface area contributed by atoms with Crippen molar-refractivity contribution in [2.75, 3.05) is 37.8 Å². The van der Waals surface area contributed by atoms with Crippen molar-refractivity contribution >= 4 is 27.7 Å². The van der Waals surface area contributed by atoms with Crippen molar-refractivity contribution in [3.63, 3.8) is 0 Å². The number of hydrogen-bond acceptors (Lipinski definition) is 5. The molecule has 0 aliphatic carbocycles. The highest BCUT2D eigenvalue weighted by atomic mass is 32.2. The minimum Gasteiger partial charge on any atom is -0.380 e. The Balaban J connectivity index is 1.74. The minimum atomic E-state index is -3.65. The van der Waals surface area contributed by atoms with Crippen LogP contribution in [-0.2, 0) is 14.8 Å². The Labute approximate surface area is 147 Å². The standard InChI is InChI=1S/C16H22N2O4S2/c19-16(18-6-9-23-10-7-18)13-3-1-5-15(11-13)24(20,21)17-14-4-2-8-22-12-14/h1,3,5,11,14,17H,2,4,6-10,12H2/t14-/m0/s1. The molecule has 0 unspecified atom stereocenters. The largest absolute Gasteiger partial charge is 0.380 e. The Morgan fingerprint density at radius 2 is 2.08 bits per heavy atom. The molecule has 2 heterocycles. The summed E-state index contributed by atoms with van der Waals surface area (Å²) < 4.78 is 33.1. The summed E-state index contributed by atoms with van der Waals surface area (Å²) in [4.78, 5) is 14.5. The number of carbonyl (C=O) groups excluding carboxylic acids is 1. The van der Waals surface area contributed by atoms with Gasteiger partial charge in [0.15, 0.2) is 0 Å². The smallest absolute Gasteiger partial charge is 0.253 e. The van der Waals surface area contributed by atoms with Gasteiger partial charge in [-0.05, 0) is 31.0 Å². The first-order chi connectivity index (χ1) is 11.6. The molecule has 1 N–H and O–H groups in total. The third-order valence-corrected chi connectivity index (χ3v) is 6.63. The summed E-state index contributed by atoms with van der Waals surface area (Å²) in [5.41, 5.74) is 0.421. The number of ether oxygens (including phenoxy) is 1. The van der Waals surface area contributed by atoms with Crippen molar-refractivity contribution in [1.29, 1.82) is 0 Å². The zero-order valence-corrected chi connectivity index (χ0v) is 15.1. The molecule has 0 radical (unpaired) electrons. The number of thioether (sulfide) groups is 1. The van der Waals surface area contributed by atoms with Crippen LogP contribution in [0.15, 0.2) is 29.2 Å². The van der Waals surface area contributed by atoms with Crippen molar-refractivity contribution in [2.45, 2.75) is 23.8 Å². The van der Waals surface area contributed by atoms with E-state index >= 15 is 0 Å². The van der Waals surface area contributed by atoms with Crippen LogP contribution < -0.4 is 4.72 Å². The van der Waals surface area contributed by atoms with Crippen LogP contribution in [0.3, 0.4) is 0 Å². The van der Waals surface area contributed by atoms with Crippen molar-refractivity contribution < 1.29 is 17.9 Å². The van der Waals surface area contributed by atoms with E-state index in [0.29, 0.717) is 31.9 Å². The molecule has 1 amide bonds. The fraction of sp³-hybridized carbons (Fsp3) is 0.562. The lowest BCUT2D eigenvalue weighted by Crippen LogP contribution is -2.40. The normalized spacial score (nSPS) is 22.3. The number of hydrogen-bond donors (Lipinski definition) is 1. The second-order valence-corrected chi connectivity index (χ2v) is 8.91. The average molecular weight is 370 g/mol. The maximum atomic E-state index is 12.6. The third kappa shape index (κ3) is 4.30. The van der Waals surface area contributed by atoms with Crippen molar-refractivity contribution in [3.8, 4) is 0 Å². The molecule has 0 bridgehead atoms. The molecule has 0 spiro atoms. The van der Waals surface area contributed by atoms with E-state index in [-0.39, 0.29) is 16.8 Å². The molecule has 24 heavy (non-hydrogen) atoms. The van der Waals surface area contributed by atoms with E-state index in [1.54, 1.807) is 17.0 Å². The summed E-state index contributed by atoms with van der Waals surface area (Å²) >= 11 is 1.83. The van der Waals surface area contributed by atoms with Gasteiger partial charge < -0.3 is 9.64 Å². The van der Waals surface area contributed by atoms with Crippen molar-refractivity contribution in [1.82, 2.24) is 9.62 Å². The lowest BCUT2D eigenvalue weighted by Gasteiger charge is -2.26. The van der Waals surface area contributed by atoms with Gasteiger partial charge in [0.2, 0.25) is 10.0 Å². The lowest BCUT2D eigenvalue weighted by atomic mass is 10.1. The van der Waals surface area contributed by atoms with E-state index in [1.165, 1.54) is 12.1 Å². The Hall–Kier alpha value is -1.09. The number of nitrogens with zero attached hydrogens (tertiary/aromatic N) is 1. The molecule has 2 aliphatic heterocycles. The first kappa shape index (κ1) is 17.7. The number of amides is 1. The van der Waals surface area contributed by atoms with Crippen molar-refractivity contribution in [3.05, 3.63) is 29.8 Å².